The normalized spacial score (nSPS) is 11.6. The molecule has 2 aromatic heterocycles. The Morgan fingerprint density at radius 3 is 2.44 bits per heavy atom. The van der Waals surface area contributed by atoms with Gasteiger partial charge in [0, 0.05) is 16.5 Å². The zero-order chi connectivity index (χ0) is 24.8. The van der Waals surface area contributed by atoms with Crippen LogP contribution in [0.5, 0.6) is 0 Å². The van der Waals surface area contributed by atoms with Crippen molar-refractivity contribution < 1.29 is 23.1 Å². The molecule has 0 unspecified atom stereocenters. The zero-order valence-corrected chi connectivity index (χ0v) is 19.1. The van der Waals surface area contributed by atoms with Gasteiger partial charge in [0.15, 0.2) is 5.78 Å². The first-order chi connectivity index (χ1) is 16.1. The number of H-pyrrole nitrogens is 1. The van der Waals surface area contributed by atoms with Crippen molar-refractivity contribution in [3.63, 3.8) is 0 Å². The Morgan fingerprint density at radius 1 is 1.06 bits per heavy atom. The lowest BCUT2D eigenvalue weighted by Gasteiger charge is -2.24. The van der Waals surface area contributed by atoms with Gasteiger partial charge < -0.3 is 9.72 Å². The Labute approximate surface area is 195 Å². The summed E-state index contributed by atoms with van der Waals surface area (Å²) < 4.78 is 34.4. The number of rotatable bonds is 5. The summed E-state index contributed by atoms with van der Waals surface area (Å²) in [7, 11) is 1.14. The number of ether oxygens (including phenoxy) is 1. The van der Waals surface area contributed by atoms with Gasteiger partial charge >= 0.3 is 11.7 Å². The van der Waals surface area contributed by atoms with Crippen LogP contribution >= 0.6 is 11.3 Å². The number of carbonyl (C=O) groups excluding carboxylic acids is 2. The van der Waals surface area contributed by atoms with Gasteiger partial charge in [0.2, 0.25) is 0 Å². The van der Waals surface area contributed by atoms with Crippen molar-refractivity contribution in [1.29, 1.82) is 0 Å². The maximum Gasteiger partial charge on any atom is 0.348 e. The summed E-state index contributed by atoms with van der Waals surface area (Å²) in [6.45, 7) is 3.05. The standard InChI is InChI=1S/C24H18F2N2O5S/c1-24(2,13-6-4-5-7-14(13)25)20(29)12-8-9-15(26)17(10-12)28-21(30)18-16(27-23(28)32)11-34-19(18)22(31)33-3/h4-11H,1-3H3,(H,27,32). The molecule has 0 saturated heterocycles. The topological polar surface area (TPSA) is 98.2 Å². The molecule has 4 aromatic rings. The van der Waals surface area contributed by atoms with E-state index in [1.807, 2.05) is 0 Å². The Balaban J connectivity index is 1.91. The maximum absolute atomic E-state index is 14.8. The van der Waals surface area contributed by atoms with E-state index in [9.17, 15) is 28.0 Å². The summed E-state index contributed by atoms with van der Waals surface area (Å²) in [6.07, 6.45) is 0. The molecular formula is C24H18F2N2O5S. The molecular weight excluding hydrogens is 466 g/mol. The molecule has 0 amide bonds. The van der Waals surface area contributed by atoms with Crippen LogP contribution in [-0.2, 0) is 10.2 Å². The average Bonchev–Trinajstić information content (AvgIpc) is 3.23. The van der Waals surface area contributed by atoms with E-state index in [2.05, 4.69) is 9.72 Å². The first-order valence-electron chi connectivity index (χ1n) is 10.0. The third kappa shape index (κ3) is 3.65. The van der Waals surface area contributed by atoms with Crippen molar-refractivity contribution in [3.05, 3.63) is 96.3 Å². The van der Waals surface area contributed by atoms with Crippen LogP contribution in [0.1, 0.15) is 39.4 Å². The number of halogens is 2. The van der Waals surface area contributed by atoms with E-state index in [1.54, 1.807) is 6.07 Å². The third-order valence-corrected chi connectivity index (χ3v) is 6.55. The predicted molar refractivity (Wildman–Crippen MR) is 123 cm³/mol. The van der Waals surface area contributed by atoms with Crippen LogP contribution in [0.2, 0.25) is 0 Å². The number of benzene rings is 2. The van der Waals surface area contributed by atoms with Crippen molar-refractivity contribution in [1.82, 2.24) is 9.55 Å². The number of ketones is 1. The van der Waals surface area contributed by atoms with Crippen LogP contribution in [0, 0.1) is 11.6 Å². The van der Waals surface area contributed by atoms with E-state index in [0.29, 0.717) is 4.57 Å². The highest BCUT2D eigenvalue weighted by Gasteiger charge is 2.33. The molecule has 34 heavy (non-hydrogen) atoms. The minimum absolute atomic E-state index is 0.0328. The van der Waals surface area contributed by atoms with Gasteiger partial charge in [0.1, 0.15) is 16.5 Å². The predicted octanol–water partition coefficient (Wildman–Crippen LogP) is 3.97. The highest BCUT2D eigenvalue weighted by molar-refractivity contribution is 7.13. The molecule has 0 spiro atoms. The summed E-state index contributed by atoms with van der Waals surface area (Å²) >= 11 is 0.895. The number of thiophene rings is 1. The molecule has 0 aliphatic carbocycles. The Bertz CT molecular complexity index is 1580. The van der Waals surface area contributed by atoms with Gasteiger partial charge in [-0.1, -0.05) is 18.2 Å². The quantitative estimate of drug-likeness (QED) is 0.342. The van der Waals surface area contributed by atoms with Crippen LogP contribution in [0.15, 0.2) is 57.4 Å². The number of nitrogens with one attached hydrogen (secondary N) is 1. The lowest BCUT2D eigenvalue weighted by Crippen LogP contribution is -2.35. The maximum atomic E-state index is 14.8. The first kappa shape index (κ1) is 23.2. The summed E-state index contributed by atoms with van der Waals surface area (Å²) in [5.41, 5.74) is -3.50. The average molecular weight is 484 g/mol. The number of nitrogens with zero attached hydrogens (tertiary/aromatic N) is 1. The lowest BCUT2D eigenvalue weighted by atomic mass is 9.77. The molecule has 4 rings (SSSR count). The summed E-state index contributed by atoms with van der Waals surface area (Å²) in [6, 6.07) is 9.01. The summed E-state index contributed by atoms with van der Waals surface area (Å²) in [4.78, 5) is 53.6. The second-order valence-electron chi connectivity index (χ2n) is 8.02. The fourth-order valence-corrected chi connectivity index (χ4v) is 4.68. The van der Waals surface area contributed by atoms with Crippen molar-refractivity contribution in [2.75, 3.05) is 7.11 Å². The highest BCUT2D eigenvalue weighted by Crippen LogP contribution is 2.30. The molecule has 0 bridgehead atoms. The molecule has 174 valence electrons. The number of Topliss-reactive ketones (excluding diaryl/α,β-unsaturated/α-hetero) is 1. The van der Waals surface area contributed by atoms with Crippen molar-refractivity contribution in [2.24, 2.45) is 0 Å². The molecule has 0 radical (unpaired) electrons. The highest BCUT2D eigenvalue weighted by atomic mass is 32.1. The monoisotopic (exact) mass is 484 g/mol. The molecule has 0 aliphatic rings. The smallest absolute Gasteiger partial charge is 0.348 e. The number of aromatic amines is 1. The van der Waals surface area contributed by atoms with Crippen LogP contribution in [-0.4, -0.2) is 28.4 Å². The molecule has 0 atom stereocenters. The third-order valence-electron chi connectivity index (χ3n) is 5.59. The van der Waals surface area contributed by atoms with Gasteiger partial charge in [-0.05, 0) is 38.1 Å². The number of carbonyl (C=O) groups is 2. The fourth-order valence-electron chi connectivity index (χ4n) is 3.78. The molecule has 0 fully saturated rings. The van der Waals surface area contributed by atoms with Crippen LogP contribution in [0.4, 0.5) is 8.78 Å². The van der Waals surface area contributed by atoms with Gasteiger partial charge in [-0.2, -0.15) is 0 Å². The number of aromatic nitrogens is 2. The van der Waals surface area contributed by atoms with E-state index in [4.69, 9.17) is 0 Å². The molecule has 1 N–H and O–H groups in total. The van der Waals surface area contributed by atoms with E-state index in [-0.39, 0.29) is 26.9 Å². The zero-order valence-electron chi connectivity index (χ0n) is 18.3. The summed E-state index contributed by atoms with van der Waals surface area (Å²) in [5, 5.41) is 1.27. The van der Waals surface area contributed by atoms with Crippen molar-refractivity contribution in [2.45, 2.75) is 19.3 Å². The van der Waals surface area contributed by atoms with Gasteiger partial charge in [0.05, 0.1) is 29.1 Å². The van der Waals surface area contributed by atoms with E-state index >= 15 is 0 Å². The van der Waals surface area contributed by atoms with Crippen molar-refractivity contribution >= 4 is 34.0 Å². The first-order valence-corrected chi connectivity index (χ1v) is 10.9. The van der Waals surface area contributed by atoms with Crippen LogP contribution in [0.25, 0.3) is 16.6 Å². The largest absolute Gasteiger partial charge is 0.465 e. The van der Waals surface area contributed by atoms with E-state index < -0.39 is 45.7 Å². The van der Waals surface area contributed by atoms with E-state index in [1.165, 1.54) is 43.5 Å². The second kappa shape index (κ2) is 8.45. The molecule has 2 heterocycles. The Kier molecular flexibility index (Phi) is 5.78. The van der Waals surface area contributed by atoms with Crippen molar-refractivity contribution in [3.8, 4) is 5.69 Å². The van der Waals surface area contributed by atoms with Crippen LogP contribution < -0.4 is 11.2 Å². The second-order valence-corrected chi connectivity index (χ2v) is 8.90. The van der Waals surface area contributed by atoms with Gasteiger partial charge in [-0.3, -0.25) is 9.59 Å². The van der Waals surface area contributed by atoms with E-state index in [0.717, 1.165) is 30.6 Å². The molecule has 0 saturated carbocycles. The minimum Gasteiger partial charge on any atom is -0.465 e. The molecule has 10 heteroatoms. The molecule has 2 aromatic carbocycles. The summed E-state index contributed by atoms with van der Waals surface area (Å²) in [5.74, 6) is -2.85. The minimum atomic E-state index is -1.33. The molecule has 7 nitrogen and oxygen atoms in total. The van der Waals surface area contributed by atoms with Gasteiger partial charge in [-0.25, -0.2) is 22.9 Å². The number of esters is 1. The van der Waals surface area contributed by atoms with Gasteiger partial charge in [0.25, 0.3) is 5.56 Å². The fraction of sp³-hybridized carbons (Fsp3) is 0.167. The number of methoxy groups -OCH3 is 1. The number of hydrogen-bond acceptors (Lipinski definition) is 6. The Hall–Kier alpha value is -3.92. The molecule has 0 aliphatic heterocycles. The SMILES string of the molecule is COC(=O)c1scc2[nH]c(=O)n(-c3cc(C(=O)C(C)(C)c4ccccc4F)ccc3F)c(=O)c12. The van der Waals surface area contributed by atoms with Gasteiger partial charge in [-0.15, -0.1) is 11.3 Å². The Morgan fingerprint density at radius 2 is 1.76 bits per heavy atom. The van der Waals surface area contributed by atoms with Crippen LogP contribution in [0.3, 0.4) is 0 Å². The number of hydrogen-bond donors (Lipinski definition) is 1. The lowest BCUT2D eigenvalue weighted by molar-refractivity contribution is 0.0608. The number of fused-ring (bicyclic) bond motifs is 1.